The van der Waals surface area contributed by atoms with Crippen LogP contribution in [0.15, 0.2) is 84.5 Å². The van der Waals surface area contributed by atoms with Crippen LogP contribution in [0.4, 0.5) is 18.9 Å². The molecule has 38 heavy (non-hydrogen) atoms. The van der Waals surface area contributed by atoms with Crippen LogP contribution < -0.4 is 10.5 Å². The van der Waals surface area contributed by atoms with Gasteiger partial charge in [-0.05, 0) is 42.0 Å². The lowest BCUT2D eigenvalue weighted by molar-refractivity contribution is -0.274. The third kappa shape index (κ3) is 5.31. The standard InChI is InChI=1S/C26H19F3N8O/c27-26(28,29)38-20-6-4-19(5-7-20)36-24(31)17-3-1-2-16(12-17)22(8-10-30)37-14-18(13-35-37)23-21-9-11-32-25(21)34-15-33-23/h1-7,9,11-15,22H,8H2,(H2,31,36)(H,32,33,34). The van der Waals surface area contributed by atoms with Gasteiger partial charge in [0.25, 0.3) is 0 Å². The minimum Gasteiger partial charge on any atom is -0.406 e. The second-order valence-corrected chi connectivity index (χ2v) is 8.21. The van der Waals surface area contributed by atoms with Crippen molar-refractivity contribution in [1.82, 2.24) is 24.7 Å². The minimum atomic E-state index is -4.78. The average molecular weight is 516 g/mol. The number of aromatic nitrogens is 5. The molecule has 0 spiro atoms. The first-order valence-corrected chi connectivity index (χ1v) is 11.3. The summed E-state index contributed by atoms with van der Waals surface area (Å²) >= 11 is 0. The van der Waals surface area contributed by atoms with E-state index in [1.54, 1.807) is 35.3 Å². The highest BCUT2D eigenvalue weighted by Crippen LogP contribution is 2.29. The number of aromatic amines is 1. The number of hydrogen-bond donors (Lipinski definition) is 2. The van der Waals surface area contributed by atoms with Crippen molar-refractivity contribution in [3.8, 4) is 23.1 Å². The molecule has 0 aliphatic rings. The van der Waals surface area contributed by atoms with Gasteiger partial charge >= 0.3 is 6.36 Å². The molecule has 9 nitrogen and oxygen atoms in total. The number of H-pyrrole nitrogens is 1. The Morgan fingerprint density at radius 3 is 2.74 bits per heavy atom. The first-order chi connectivity index (χ1) is 18.3. The van der Waals surface area contributed by atoms with Crippen molar-refractivity contribution < 1.29 is 17.9 Å². The van der Waals surface area contributed by atoms with E-state index in [0.717, 1.165) is 34.3 Å². The van der Waals surface area contributed by atoms with E-state index in [0.29, 0.717) is 16.9 Å². The summed E-state index contributed by atoms with van der Waals surface area (Å²) in [7, 11) is 0. The van der Waals surface area contributed by atoms with Gasteiger partial charge in [0.05, 0.1) is 36.1 Å². The highest BCUT2D eigenvalue weighted by molar-refractivity contribution is 5.99. The van der Waals surface area contributed by atoms with Crippen molar-refractivity contribution in [2.45, 2.75) is 18.8 Å². The molecule has 1 unspecified atom stereocenters. The van der Waals surface area contributed by atoms with Gasteiger partial charge in [-0.2, -0.15) is 10.4 Å². The number of benzene rings is 2. The van der Waals surface area contributed by atoms with E-state index in [1.165, 1.54) is 18.5 Å². The first-order valence-electron chi connectivity index (χ1n) is 11.3. The number of nitrogens with one attached hydrogen (secondary N) is 1. The van der Waals surface area contributed by atoms with Gasteiger partial charge in [0.2, 0.25) is 0 Å². The molecule has 1 atom stereocenters. The summed E-state index contributed by atoms with van der Waals surface area (Å²) in [6.07, 6.45) is 2.14. The number of hydrogen-bond acceptors (Lipinski definition) is 6. The van der Waals surface area contributed by atoms with Gasteiger partial charge in [-0.3, -0.25) is 4.68 Å². The van der Waals surface area contributed by atoms with Gasteiger partial charge in [0.1, 0.15) is 23.6 Å². The number of fused-ring (bicyclic) bond motifs is 1. The van der Waals surface area contributed by atoms with Crippen molar-refractivity contribution in [3.63, 3.8) is 0 Å². The molecule has 12 heteroatoms. The molecule has 3 heterocycles. The number of ether oxygens (including phenoxy) is 1. The molecule has 0 aliphatic heterocycles. The Labute approximate surface area is 214 Å². The monoisotopic (exact) mass is 516 g/mol. The summed E-state index contributed by atoms with van der Waals surface area (Å²) in [6, 6.07) is 15.9. The predicted molar refractivity (Wildman–Crippen MR) is 133 cm³/mol. The molecule has 3 aromatic heterocycles. The minimum absolute atomic E-state index is 0.144. The molecule has 0 saturated carbocycles. The van der Waals surface area contributed by atoms with Crippen LogP contribution in [0, 0.1) is 11.3 Å². The number of nitrogens with zero attached hydrogens (tertiary/aromatic N) is 6. The van der Waals surface area contributed by atoms with Crippen LogP contribution in [0.3, 0.4) is 0 Å². The Balaban J connectivity index is 1.41. The van der Waals surface area contributed by atoms with E-state index in [1.807, 2.05) is 18.3 Å². The average Bonchev–Trinajstić information content (AvgIpc) is 3.57. The Morgan fingerprint density at radius 1 is 1.16 bits per heavy atom. The maximum Gasteiger partial charge on any atom is 0.573 e. The highest BCUT2D eigenvalue weighted by Gasteiger charge is 2.31. The zero-order valence-electron chi connectivity index (χ0n) is 19.6. The largest absolute Gasteiger partial charge is 0.573 e. The third-order valence-corrected chi connectivity index (χ3v) is 5.72. The van der Waals surface area contributed by atoms with Crippen molar-refractivity contribution in [2.75, 3.05) is 0 Å². The molecule has 2 aromatic carbocycles. The quantitative estimate of drug-likeness (QED) is 0.224. The fourth-order valence-corrected chi connectivity index (χ4v) is 4.02. The van der Waals surface area contributed by atoms with E-state index >= 15 is 0 Å². The van der Waals surface area contributed by atoms with Crippen LogP contribution in [0.2, 0.25) is 0 Å². The number of nitriles is 1. The maximum absolute atomic E-state index is 12.4. The van der Waals surface area contributed by atoms with Gasteiger partial charge in [-0.15, -0.1) is 13.2 Å². The molecule has 3 N–H and O–H groups in total. The Hall–Kier alpha value is -5.18. The summed E-state index contributed by atoms with van der Waals surface area (Å²) in [5, 5.41) is 14.9. The molecule has 5 aromatic rings. The van der Waals surface area contributed by atoms with Crippen LogP contribution in [0.1, 0.15) is 23.6 Å². The fourth-order valence-electron chi connectivity index (χ4n) is 4.02. The molecule has 0 bridgehead atoms. The lowest BCUT2D eigenvalue weighted by Crippen LogP contribution is -2.17. The zero-order chi connectivity index (χ0) is 26.7. The van der Waals surface area contributed by atoms with Crippen molar-refractivity contribution in [3.05, 3.63) is 90.6 Å². The Morgan fingerprint density at radius 2 is 1.97 bits per heavy atom. The second-order valence-electron chi connectivity index (χ2n) is 8.21. The molecule has 0 aliphatic carbocycles. The van der Waals surface area contributed by atoms with Crippen LogP contribution in [0.5, 0.6) is 5.75 Å². The van der Waals surface area contributed by atoms with Crippen molar-refractivity contribution >= 4 is 22.6 Å². The normalized spacial score (nSPS) is 12.8. The van der Waals surface area contributed by atoms with Crippen LogP contribution in [-0.4, -0.2) is 36.9 Å². The molecule has 0 amide bonds. The molecule has 0 saturated heterocycles. The van der Waals surface area contributed by atoms with Crippen LogP contribution in [0.25, 0.3) is 22.3 Å². The van der Waals surface area contributed by atoms with E-state index in [9.17, 15) is 18.4 Å². The fraction of sp³-hybridized carbons (Fsp3) is 0.115. The van der Waals surface area contributed by atoms with Crippen LogP contribution >= 0.6 is 0 Å². The topological polar surface area (TPSA) is 131 Å². The summed E-state index contributed by atoms with van der Waals surface area (Å²) < 4.78 is 42.7. The summed E-state index contributed by atoms with van der Waals surface area (Å²) in [5.41, 5.74) is 10.1. The van der Waals surface area contributed by atoms with E-state index in [-0.39, 0.29) is 18.0 Å². The predicted octanol–water partition coefficient (Wildman–Crippen LogP) is 5.26. The number of nitrogens with two attached hydrogens (primary N) is 1. The van der Waals surface area contributed by atoms with Gasteiger partial charge in [0, 0.05) is 28.9 Å². The number of aliphatic imine (C=N–C) groups is 1. The number of alkyl halides is 3. The highest BCUT2D eigenvalue weighted by atomic mass is 19.4. The van der Waals surface area contributed by atoms with Crippen molar-refractivity contribution in [1.29, 1.82) is 5.26 Å². The first kappa shape index (κ1) is 24.5. The van der Waals surface area contributed by atoms with E-state index in [2.05, 4.69) is 35.8 Å². The summed E-state index contributed by atoms with van der Waals surface area (Å²) in [6.45, 7) is 0. The second kappa shape index (κ2) is 10.1. The third-order valence-electron chi connectivity index (χ3n) is 5.72. The van der Waals surface area contributed by atoms with Gasteiger partial charge in [-0.25, -0.2) is 15.0 Å². The Kier molecular flexibility index (Phi) is 6.49. The van der Waals surface area contributed by atoms with Crippen LogP contribution in [-0.2, 0) is 0 Å². The maximum atomic E-state index is 12.4. The SMILES string of the molecule is N#CCC(c1cccc(C(N)=Nc2ccc(OC(F)(F)F)cc2)c1)n1cc(-c2ncnc3[nH]ccc23)cn1. The number of amidine groups is 1. The molecule has 190 valence electrons. The molecule has 0 fully saturated rings. The molecular weight excluding hydrogens is 497 g/mol. The van der Waals surface area contributed by atoms with E-state index in [4.69, 9.17) is 5.73 Å². The zero-order valence-corrected chi connectivity index (χ0v) is 19.6. The van der Waals surface area contributed by atoms with Gasteiger partial charge in [-0.1, -0.05) is 18.2 Å². The summed E-state index contributed by atoms with van der Waals surface area (Å²) in [4.78, 5) is 16.0. The lowest BCUT2D eigenvalue weighted by Gasteiger charge is -2.16. The van der Waals surface area contributed by atoms with Crippen molar-refractivity contribution in [2.24, 2.45) is 10.7 Å². The Bertz CT molecular complexity index is 1650. The van der Waals surface area contributed by atoms with E-state index < -0.39 is 12.4 Å². The smallest absolute Gasteiger partial charge is 0.406 e. The van der Waals surface area contributed by atoms with Gasteiger partial charge in [0.15, 0.2) is 0 Å². The number of halogens is 3. The molecule has 0 radical (unpaired) electrons. The molecular formula is C26H19F3N8O. The molecule has 5 rings (SSSR count). The lowest BCUT2D eigenvalue weighted by atomic mass is 10.0. The number of rotatable bonds is 7. The van der Waals surface area contributed by atoms with Gasteiger partial charge < -0.3 is 15.5 Å². The summed E-state index contributed by atoms with van der Waals surface area (Å²) in [5.74, 6) is -0.196.